The summed E-state index contributed by atoms with van der Waals surface area (Å²) in [5.41, 5.74) is -0.374. The van der Waals surface area contributed by atoms with Crippen molar-refractivity contribution in [3.63, 3.8) is 0 Å². The third-order valence-corrected chi connectivity index (χ3v) is 4.07. The highest BCUT2D eigenvalue weighted by molar-refractivity contribution is 6.09. The topological polar surface area (TPSA) is 53.5 Å². The number of hydrogen-bond acceptors (Lipinski definition) is 2. The lowest BCUT2D eigenvalue weighted by molar-refractivity contribution is -0.125. The van der Waals surface area contributed by atoms with Crippen LogP contribution < -0.4 is 10.6 Å². The molecule has 1 saturated carbocycles. The number of rotatable bonds is 2. The molecule has 1 aliphatic carbocycles. The minimum Gasteiger partial charge on any atom is -0.342 e. The Bertz CT molecular complexity index is 338. The van der Waals surface area contributed by atoms with E-state index in [1.54, 1.807) is 0 Å². The number of hydrogen-bond donors (Lipinski definition) is 2. The lowest BCUT2D eigenvalue weighted by atomic mass is 9.72. The first-order valence-corrected chi connectivity index (χ1v) is 6.71. The predicted molar refractivity (Wildman–Crippen MR) is 68.8 cm³/mol. The fourth-order valence-corrected chi connectivity index (χ4v) is 2.99. The third kappa shape index (κ3) is 2.31. The van der Waals surface area contributed by atoms with E-state index in [0.29, 0.717) is 24.3 Å². The Kier molecular flexibility index (Phi) is 3.40. The second-order valence-corrected chi connectivity index (χ2v) is 5.58. The molecule has 0 aromatic carbocycles. The zero-order valence-electron chi connectivity index (χ0n) is 11.0. The molecule has 2 rings (SSSR count). The van der Waals surface area contributed by atoms with Gasteiger partial charge in [0.1, 0.15) is 5.54 Å². The Balaban J connectivity index is 2.13. The van der Waals surface area contributed by atoms with E-state index in [4.69, 9.17) is 0 Å². The summed E-state index contributed by atoms with van der Waals surface area (Å²) in [6.45, 7) is 7.17. The van der Waals surface area contributed by atoms with Gasteiger partial charge in [-0.1, -0.05) is 20.3 Å². The first-order valence-electron chi connectivity index (χ1n) is 6.71. The van der Waals surface area contributed by atoms with Crippen LogP contribution >= 0.6 is 0 Å². The molecule has 1 amide bonds. The molecule has 2 unspecified atom stereocenters. The molecule has 4 nitrogen and oxygen atoms in total. The summed E-state index contributed by atoms with van der Waals surface area (Å²) in [4.78, 5) is 16.4. The SMILES string of the molecule is CCN=C1NC(=O)C2(CCCC(C(C)C)C2)N1. The summed E-state index contributed by atoms with van der Waals surface area (Å²) < 4.78 is 0. The molecule has 1 saturated heterocycles. The van der Waals surface area contributed by atoms with Crippen LogP contribution in [0.25, 0.3) is 0 Å². The van der Waals surface area contributed by atoms with Crippen molar-refractivity contribution in [3.8, 4) is 0 Å². The van der Waals surface area contributed by atoms with Gasteiger partial charge in [0, 0.05) is 6.54 Å². The number of nitrogens with one attached hydrogen (secondary N) is 2. The summed E-state index contributed by atoms with van der Waals surface area (Å²) >= 11 is 0. The van der Waals surface area contributed by atoms with E-state index in [0.717, 1.165) is 19.3 Å². The largest absolute Gasteiger partial charge is 0.342 e. The van der Waals surface area contributed by atoms with Crippen LogP contribution in [0, 0.1) is 11.8 Å². The van der Waals surface area contributed by atoms with Crippen molar-refractivity contribution in [2.45, 2.75) is 52.0 Å². The van der Waals surface area contributed by atoms with Gasteiger partial charge in [-0.25, -0.2) is 0 Å². The molecule has 2 atom stereocenters. The molecule has 1 heterocycles. The van der Waals surface area contributed by atoms with Crippen LogP contribution in [0.4, 0.5) is 0 Å². The van der Waals surface area contributed by atoms with E-state index in [1.807, 2.05) is 6.92 Å². The molecule has 96 valence electrons. The van der Waals surface area contributed by atoms with Gasteiger partial charge in [0.25, 0.3) is 5.91 Å². The molecule has 0 bridgehead atoms. The number of carbonyl (C=O) groups excluding carboxylic acids is 1. The highest BCUT2D eigenvalue weighted by Gasteiger charge is 2.48. The van der Waals surface area contributed by atoms with Crippen molar-refractivity contribution in [1.29, 1.82) is 0 Å². The molecule has 1 spiro atoms. The third-order valence-electron chi connectivity index (χ3n) is 4.07. The summed E-state index contributed by atoms with van der Waals surface area (Å²) in [5.74, 6) is 2.08. The Labute approximate surface area is 103 Å². The van der Waals surface area contributed by atoms with Crippen LogP contribution in [0.2, 0.25) is 0 Å². The van der Waals surface area contributed by atoms with Crippen LogP contribution in [-0.2, 0) is 4.79 Å². The second kappa shape index (κ2) is 4.67. The first kappa shape index (κ1) is 12.4. The maximum Gasteiger partial charge on any atom is 0.252 e. The van der Waals surface area contributed by atoms with Crippen molar-refractivity contribution >= 4 is 11.9 Å². The number of carbonyl (C=O) groups is 1. The van der Waals surface area contributed by atoms with Crippen molar-refractivity contribution in [1.82, 2.24) is 10.6 Å². The number of amides is 1. The lowest BCUT2D eigenvalue weighted by Crippen LogP contribution is -2.51. The molecule has 0 aromatic rings. The smallest absolute Gasteiger partial charge is 0.252 e. The highest BCUT2D eigenvalue weighted by atomic mass is 16.2. The number of guanidine groups is 1. The summed E-state index contributed by atoms with van der Waals surface area (Å²) in [6.07, 6.45) is 4.25. The van der Waals surface area contributed by atoms with Crippen LogP contribution in [-0.4, -0.2) is 24.0 Å². The van der Waals surface area contributed by atoms with E-state index >= 15 is 0 Å². The van der Waals surface area contributed by atoms with E-state index in [1.165, 1.54) is 6.42 Å². The highest BCUT2D eigenvalue weighted by Crippen LogP contribution is 2.37. The molecular weight excluding hydrogens is 214 g/mol. The van der Waals surface area contributed by atoms with Gasteiger partial charge in [-0.3, -0.25) is 15.1 Å². The van der Waals surface area contributed by atoms with Gasteiger partial charge in [-0.15, -0.1) is 0 Å². The Hall–Kier alpha value is -1.06. The van der Waals surface area contributed by atoms with Gasteiger partial charge < -0.3 is 5.32 Å². The molecule has 2 aliphatic rings. The number of nitrogens with zero attached hydrogens (tertiary/aromatic N) is 1. The zero-order chi connectivity index (χ0) is 12.5. The maximum atomic E-state index is 12.2. The van der Waals surface area contributed by atoms with Gasteiger partial charge in [-0.2, -0.15) is 0 Å². The second-order valence-electron chi connectivity index (χ2n) is 5.58. The Morgan fingerprint density at radius 3 is 2.94 bits per heavy atom. The van der Waals surface area contributed by atoms with Crippen LogP contribution in [0.15, 0.2) is 4.99 Å². The van der Waals surface area contributed by atoms with Crippen LogP contribution in [0.5, 0.6) is 0 Å². The Morgan fingerprint density at radius 1 is 1.53 bits per heavy atom. The molecule has 17 heavy (non-hydrogen) atoms. The normalized spacial score (nSPS) is 35.4. The van der Waals surface area contributed by atoms with E-state index in [2.05, 4.69) is 29.5 Å². The summed E-state index contributed by atoms with van der Waals surface area (Å²) in [5, 5.41) is 6.21. The van der Waals surface area contributed by atoms with Crippen molar-refractivity contribution < 1.29 is 4.79 Å². The molecule has 2 N–H and O–H groups in total. The first-order chi connectivity index (χ1) is 8.07. The van der Waals surface area contributed by atoms with Gasteiger partial charge in [0.05, 0.1) is 0 Å². The van der Waals surface area contributed by atoms with Crippen molar-refractivity contribution in [2.75, 3.05) is 6.54 Å². The monoisotopic (exact) mass is 237 g/mol. The number of aliphatic imine (C=N–C) groups is 1. The minimum atomic E-state index is -0.374. The van der Waals surface area contributed by atoms with Crippen molar-refractivity contribution in [3.05, 3.63) is 0 Å². The molecule has 2 fully saturated rings. The van der Waals surface area contributed by atoms with E-state index < -0.39 is 0 Å². The average Bonchev–Trinajstić information content (AvgIpc) is 2.56. The zero-order valence-corrected chi connectivity index (χ0v) is 11.0. The summed E-state index contributed by atoms with van der Waals surface area (Å²) in [7, 11) is 0. The lowest BCUT2D eigenvalue weighted by Gasteiger charge is -2.37. The molecule has 0 aromatic heterocycles. The van der Waals surface area contributed by atoms with Gasteiger partial charge in [0.2, 0.25) is 0 Å². The fraction of sp³-hybridized carbons (Fsp3) is 0.846. The van der Waals surface area contributed by atoms with Crippen LogP contribution in [0.3, 0.4) is 0 Å². The van der Waals surface area contributed by atoms with E-state index in [9.17, 15) is 4.79 Å². The Morgan fingerprint density at radius 2 is 2.29 bits per heavy atom. The summed E-state index contributed by atoms with van der Waals surface area (Å²) in [6, 6.07) is 0. The standard InChI is InChI=1S/C13H23N3O/c1-4-14-12-15-11(17)13(16-12)7-5-6-10(8-13)9(2)3/h9-10H,4-8H2,1-3H3,(H2,14,15,16,17). The van der Waals surface area contributed by atoms with Gasteiger partial charge >= 0.3 is 0 Å². The molecule has 1 aliphatic heterocycles. The predicted octanol–water partition coefficient (Wildman–Crippen LogP) is 1.67. The van der Waals surface area contributed by atoms with Crippen molar-refractivity contribution in [2.24, 2.45) is 16.8 Å². The van der Waals surface area contributed by atoms with Gasteiger partial charge in [-0.05, 0) is 38.0 Å². The fourth-order valence-electron chi connectivity index (χ4n) is 2.99. The molecule has 4 heteroatoms. The van der Waals surface area contributed by atoms with Crippen LogP contribution in [0.1, 0.15) is 46.5 Å². The van der Waals surface area contributed by atoms with Gasteiger partial charge in [0.15, 0.2) is 5.96 Å². The molecular formula is C13H23N3O. The quantitative estimate of drug-likeness (QED) is 0.767. The maximum absolute atomic E-state index is 12.2. The van der Waals surface area contributed by atoms with E-state index in [-0.39, 0.29) is 11.4 Å². The minimum absolute atomic E-state index is 0.120. The average molecular weight is 237 g/mol. The molecule has 0 radical (unpaired) electrons.